The third kappa shape index (κ3) is 1.96. The van der Waals surface area contributed by atoms with E-state index in [-0.39, 0.29) is 6.61 Å². The van der Waals surface area contributed by atoms with Gasteiger partial charge in [0.1, 0.15) is 11.7 Å². The summed E-state index contributed by atoms with van der Waals surface area (Å²) in [6.45, 7) is 3.30. The molecule has 2 aliphatic rings. The number of aliphatic hydroxyl groups is 1. The summed E-state index contributed by atoms with van der Waals surface area (Å²) in [5, 5.41) is 12.2. The van der Waals surface area contributed by atoms with Gasteiger partial charge in [0.2, 0.25) is 11.8 Å². The van der Waals surface area contributed by atoms with E-state index in [0.29, 0.717) is 29.0 Å². The number of pyridine rings is 1. The number of ether oxygens (including phenoxy) is 1. The average molecular weight is 291 g/mol. The molecule has 1 fully saturated rings. The molecule has 112 valence electrons. The first-order valence-electron chi connectivity index (χ1n) is 6.76. The van der Waals surface area contributed by atoms with Gasteiger partial charge >= 0.3 is 0 Å². The van der Waals surface area contributed by atoms with Gasteiger partial charge in [-0.05, 0) is 13.8 Å². The van der Waals surface area contributed by atoms with Crippen LogP contribution < -0.4 is 15.8 Å². The van der Waals surface area contributed by atoms with Crippen molar-refractivity contribution in [2.75, 3.05) is 0 Å². The van der Waals surface area contributed by atoms with E-state index in [0.717, 1.165) is 0 Å². The minimum Gasteiger partial charge on any atom is -0.466 e. The van der Waals surface area contributed by atoms with E-state index in [2.05, 4.69) is 10.3 Å². The van der Waals surface area contributed by atoms with Crippen LogP contribution in [0.1, 0.15) is 36.1 Å². The maximum atomic E-state index is 12.2. The summed E-state index contributed by atoms with van der Waals surface area (Å²) in [6, 6.07) is 0. The Labute approximate surface area is 121 Å². The van der Waals surface area contributed by atoms with E-state index >= 15 is 0 Å². The summed E-state index contributed by atoms with van der Waals surface area (Å²) >= 11 is 0. The molecule has 2 amide bonds. The summed E-state index contributed by atoms with van der Waals surface area (Å²) in [5.74, 6) is -1.97. The topological polar surface area (TPSA) is 115 Å². The number of nitrogens with zero attached hydrogens (tertiary/aromatic N) is 1. The first-order valence-corrected chi connectivity index (χ1v) is 6.76. The Morgan fingerprint density at radius 1 is 1.67 bits per heavy atom. The van der Waals surface area contributed by atoms with E-state index in [1.807, 2.05) is 0 Å². The molecule has 0 spiro atoms. The number of aromatic nitrogens is 1. The minimum absolute atomic E-state index is 0.237. The largest absolute Gasteiger partial charge is 0.466 e. The van der Waals surface area contributed by atoms with E-state index < -0.39 is 29.4 Å². The van der Waals surface area contributed by atoms with E-state index in [1.165, 1.54) is 0 Å². The van der Waals surface area contributed by atoms with Crippen LogP contribution in [0, 0.1) is 12.8 Å². The monoisotopic (exact) mass is 291 g/mol. The van der Waals surface area contributed by atoms with Crippen molar-refractivity contribution in [2.45, 2.75) is 38.5 Å². The lowest BCUT2D eigenvalue weighted by atomic mass is 9.73. The number of piperidine rings is 1. The van der Waals surface area contributed by atoms with Crippen molar-refractivity contribution in [3.63, 3.8) is 0 Å². The lowest BCUT2D eigenvalue weighted by molar-refractivity contribution is -0.145. The van der Waals surface area contributed by atoms with Crippen LogP contribution in [0.15, 0.2) is 6.20 Å². The van der Waals surface area contributed by atoms with E-state index in [1.54, 1.807) is 20.0 Å². The number of fused-ring (bicyclic) bond motifs is 4. The number of nitrogens with one attached hydrogen (secondary N) is 1. The van der Waals surface area contributed by atoms with Crippen LogP contribution in [0.25, 0.3) is 0 Å². The van der Waals surface area contributed by atoms with Gasteiger partial charge in [-0.2, -0.15) is 0 Å². The molecule has 3 heterocycles. The summed E-state index contributed by atoms with van der Waals surface area (Å²) in [5.41, 5.74) is 6.39. The molecule has 7 heteroatoms. The van der Waals surface area contributed by atoms with Crippen LogP contribution in [0.4, 0.5) is 0 Å². The minimum atomic E-state index is -0.965. The number of nitrogens with two attached hydrogens (primary N) is 1. The zero-order chi connectivity index (χ0) is 15.4. The molecule has 0 radical (unpaired) electrons. The molecular weight excluding hydrogens is 274 g/mol. The number of rotatable bonds is 2. The molecule has 2 aliphatic heterocycles. The van der Waals surface area contributed by atoms with Crippen molar-refractivity contribution < 1.29 is 19.4 Å². The number of aryl methyl sites for hydroxylation is 1. The predicted octanol–water partition coefficient (Wildman–Crippen LogP) is -0.304. The number of hydrogen-bond donors (Lipinski definition) is 3. The second kappa shape index (κ2) is 4.42. The zero-order valence-corrected chi connectivity index (χ0v) is 11.8. The summed E-state index contributed by atoms with van der Waals surface area (Å²) < 4.78 is 5.90. The van der Waals surface area contributed by atoms with Crippen LogP contribution >= 0.6 is 0 Å². The molecular formula is C14H17N3O4. The van der Waals surface area contributed by atoms with Gasteiger partial charge in [0.15, 0.2) is 5.72 Å². The maximum Gasteiger partial charge on any atom is 0.236 e. The number of amides is 2. The Kier molecular flexibility index (Phi) is 2.91. The highest BCUT2D eigenvalue weighted by atomic mass is 16.5. The second-order valence-corrected chi connectivity index (χ2v) is 5.78. The fraction of sp³-hybridized carbons (Fsp3) is 0.500. The highest BCUT2D eigenvalue weighted by Crippen LogP contribution is 2.48. The van der Waals surface area contributed by atoms with Crippen LogP contribution in [0.2, 0.25) is 0 Å². The Morgan fingerprint density at radius 3 is 3.00 bits per heavy atom. The molecule has 2 bridgehead atoms. The SMILES string of the molecule is Cc1ncc(CO)c2c1O[C@@]1(C)C[C@@H]2[C@@H](C(N)=O)C(=O)N1. The molecule has 3 atom stereocenters. The van der Waals surface area contributed by atoms with Crippen molar-refractivity contribution in [1.29, 1.82) is 0 Å². The van der Waals surface area contributed by atoms with Crippen LogP contribution in [-0.2, 0) is 16.2 Å². The summed E-state index contributed by atoms with van der Waals surface area (Å²) in [4.78, 5) is 28.1. The predicted molar refractivity (Wildman–Crippen MR) is 72.1 cm³/mol. The van der Waals surface area contributed by atoms with Crippen LogP contribution in [0.5, 0.6) is 5.75 Å². The first-order chi connectivity index (χ1) is 9.86. The highest BCUT2D eigenvalue weighted by molar-refractivity contribution is 6.01. The van der Waals surface area contributed by atoms with Crippen molar-refractivity contribution >= 4 is 11.8 Å². The van der Waals surface area contributed by atoms with Crippen LogP contribution in [-0.4, -0.2) is 27.6 Å². The Hall–Kier alpha value is -2.15. The smallest absolute Gasteiger partial charge is 0.236 e. The molecule has 7 nitrogen and oxygen atoms in total. The number of carbonyl (C=O) groups is 2. The average Bonchev–Trinajstić information content (AvgIpc) is 2.38. The third-order valence-corrected chi connectivity index (χ3v) is 4.19. The molecule has 21 heavy (non-hydrogen) atoms. The van der Waals surface area contributed by atoms with Gasteiger partial charge in [-0.25, -0.2) is 0 Å². The van der Waals surface area contributed by atoms with E-state index in [4.69, 9.17) is 10.5 Å². The lowest BCUT2D eigenvalue weighted by Gasteiger charge is -2.47. The van der Waals surface area contributed by atoms with Crippen molar-refractivity contribution in [2.24, 2.45) is 11.7 Å². The van der Waals surface area contributed by atoms with Gasteiger partial charge in [0, 0.05) is 29.7 Å². The molecule has 0 aliphatic carbocycles. The Balaban J connectivity index is 2.23. The molecule has 0 unspecified atom stereocenters. The van der Waals surface area contributed by atoms with Crippen molar-refractivity contribution in [3.8, 4) is 5.75 Å². The third-order valence-electron chi connectivity index (χ3n) is 4.19. The number of carbonyl (C=O) groups excluding carboxylic acids is 2. The molecule has 0 saturated carbocycles. The normalized spacial score (nSPS) is 30.1. The Morgan fingerprint density at radius 2 is 2.38 bits per heavy atom. The molecule has 3 rings (SSSR count). The molecule has 0 aromatic carbocycles. The second-order valence-electron chi connectivity index (χ2n) is 5.78. The maximum absolute atomic E-state index is 12.2. The number of primary amides is 1. The van der Waals surface area contributed by atoms with Gasteiger partial charge in [-0.1, -0.05) is 0 Å². The van der Waals surface area contributed by atoms with Gasteiger partial charge < -0.3 is 20.9 Å². The summed E-state index contributed by atoms with van der Waals surface area (Å²) in [7, 11) is 0. The standard InChI is InChI=1S/C14H17N3O4/c1-6-11-9(7(5-18)4-16-6)8-3-14(2,21-11)17-13(20)10(8)12(15)19/h4,8,10,18H,3,5H2,1-2H3,(H2,15,19)(H,17,20)/t8-,10-,14-/m0/s1. The fourth-order valence-corrected chi connectivity index (χ4v) is 3.30. The number of hydrogen-bond acceptors (Lipinski definition) is 5. The van der Waals surface area contributed by atoms with Gasteiger partial charge in [0.25, 0.3) is 0 Å². The molecule has 4 N–H and O–H groups in total. The van der Waals surface area contributed by atoms with E-state index in [9.17, 15) is 14.7 Å². The van der Waals surface area contributed by atoms with Gasteiger partial charge in [0.05, 0.1) is 12.3 Å². The van der Waals surface area contributed by atoms with Crippen molar-refractivity contribution in [1.82, 2.24) is 10.3 Å². The fourth-order valence-electron chi connectivity index (χ4n) is 3.30. The molecule has 1 aromatic heterocycles. The number of aliphatic hydroxyl groups excluding tert-OH is 1. The van der Waals surface area contributed by atoms with Gasteiger partial charge in [-0.15, -0.1) is 0 Å². The quantitative estimate of drug-likeness (QED) is 0.647. The highest BCUT2D eigenvalue weighted by Gasteiger charge is 2.52. The Bertz CT molecular complexity index is 645. The first kappa shape index (κ1) is 13.8. The molecule has 1 saturated heterocycles. The summed E-state index contributed by atoms with van der Waals surface area (Å²) in [6.07, 6.45) is 1.97. The van der Waals surface area contributed by atoms with Crippen LogP contribution in [0.3, 0.4) is 0 Å². The van der Waals surface area contributed by atoms with Gasteiger partial charge in [-0.3, -0.25) is 14.6 Å². The van der Waals surface area contributed by atoms with Crippen molar-refractivity contribution in [3.05, 3.63) is 23.0 Å². The molecule has 1 aromatic rings. The lowest BCUT2D eigenvalue weighted by Crippen LogP contribution is -2.62. The zero-order valence-electron chi connectivity index (χ0n) is 11.8.